The number of sulfonamides is 1. The van der Waals surface area contributed by atoms with E-state index in [2.05, 4.69) is 21.9 Å². The molecule has 1 saturated heterocycles. The molecule has 0 radical (unpaired) electrons. The van der Waals surface area contributed by atoms with E-state index in [1.807, 2.05) is 41.8 Å². The number of amides is 4. The summed E-state index contributed by atoms with van der Waals surface area (Å²) in [6, 6.07) is 8.92. The second-order valence-corrected chi connectivity index (χ2v) is 18.3. The van der Waals surface area contributed by atoms with Crippen LogP contribution in [0.2, 0.25) is 0 Å². The minimum absolute atomic E-state index is 0.0101. The molecule has 53 heavy (non-hydrogen) atoms. The van der Waals surface area contributed by atoms with Crippen LogP contribution in [0.1, 0.15) is 65.7 Å². The Morgan fingerprint density at radius 1 is 1.04 bits per heavy atom. The predicted octanol–water partition coefficient (Wildman–Crippen LogP) is 4.07. The lowest BCUT2D eigenvalue weighted by Crippen LogP contribution is -2.60. The molecule has 3 N–H and O–H groups in total. The smallest absolute Gasteiger partial charge is 0.408 e. The first-order valence-electron chi connectivity index (χ1n) is 17.9. The molecule has 282 valence electrons. The Morgan fingerprint density at radius 3 is 2.34 bits per heavy atom. The Labute approximate surface area is 312 Å². The van der Waals surface area contributed by atoms with Crippen molar-refractivity contribution in [2.75, 3.05) is 6.54 Å². The molecule has 3 aromatic rings. The summed E-state index contributed by atoms with van der Waals surface area (Å²) in [7, 11) is -3.90. The van der Waals surface area contributed by atoms with Crippen molar-refractivity contribution in [3.8, 4) is 16.5 Å². The van der Waals surface area contributed by atoms with E-state index < -0.39 is 74.1 Å². The number of aromatic nitrogens is 2. The van der Waals surface area contributed by atoms with Gasteiger partial charge in [-0.05, 0) is 67.5 Å². The number of hydrogen-bond acceptors (Lipinski definition) is 11. The quantitative estimate of drug-likeness (QED) is 0.227. The fourth-order valence-electron chi connectivity index (χ4n) is 6.80. The molecule has 4 fully saturated rings. The van der Waals surface area contributed by atoms with Gasteiger partial charge >= 0.3 is 6.09 Å². The lowest BCUT2D eigenvalue weighted by atomic mass is 9.85. The number of carbonyl (C=O) groups excluding carboxylic acids is 4. The molecule has 0 bridgehead atoms. The second kappa shape index (κ2) is 14.0. The summed E-state index contributed by atoms with van der Waals surface area (Å²) in [6.07, 6.45) is 3.36. The number of benzene rings is 1. The highest BCUT2D eigenvalue weighted by molar-refractivity contribution is 7.91. The largest absolute Gasteiger partial charge is 0.471 e. The molecule has 7 rings (SSSR count). The van der Waals surface area contributed by atoms with E-state index in [0.29, 0.717) is 29.6 Å². The first-order valence-corrected chi connectivity index (χ1v) is 20.4. The Kier molecular flexibility index (Phi) is 9.72. The van der Waals surface area contributed by atoms with Gasteiger partial charge in [-0.3, -0.25) is 19.1 Å². The Hall–Kier alpha value is -4.57. The summed E-state index contributed by atoms with van der Waals surface area (Å²) in [5.41, 5.74) is -0.571. The maximum absolute atomic E-state index is 14.6. The number of alkyl carbamates (subject to hydrolysis) is 1. The summed E-state index contributed by atoms with van der Waals surface area (Å²) >= 11 is 1.47. The van der Waals surface area contributed by atoms with Crippen LogP contribution in [-0.2, 0) is 29.1 Å². The van der Waals surface area contributed by atoms with Crippen LogP contribution in [-0.4, -0.2) is 88.7 Å². The van der Waals surface area contributed by atoms with Gasteiger partial charge in [0.05, 0.1) is 27.7 Å². The van der Waals surface area contributed by atoms with Crippen molar-refractivity contribution in [1.29, 1.82) is 0 Å². The summed E-state index contributed by atoms with van der Waals surface area (Å²) in [5, 5.41) is 6.83. The van der Waals surface area contributed by atoms with Crippen LogP contribution in [0.15, 0.2) is 54.4 Å². The molecule has 1 aliphatic heterocycles. The molecule has 4 amide bonds. The average Bonchev–Trinajstić information content (AvgIpc) is 3.96. The standard InChI is InChI=1S/C37H44N6O8S2/c1-5-21-19-37(21,34(46)42-53(48,49)24-15-16-24)41-31(44)27-18-23(20-43(27)33(45)30(36(2,3)4)40-35(47)51-22-10-8-11-22)50-32-29(28-14-9-17-52-28)38-25-12-6-7-13-26(25)39-32/h5-7,9,12-14,17,21-24,27,30H,1,8,10-11,15-16,18-20H2,2-4H3,(H,40,47)(H,41,44)(H,42,46)/t21?,23-,27+,30-,37-/m1/s1. The minimum atomic E-state index is -3.90. The number of fused-ring (bicyclic) bond motifs is 1. The van der Waals surface area contributed by atoms with Crippen molar-refractivity contribution in [3.63, 3.8) is 0 Å². The maximum atomic E-state index is 14.6. The van der Waals surface area contributed by atoms with Crippen molar-refractivity contribution in [1.82, 2.24) is 30.2 Å². The third-order valence-corrected chi connectivity index (χ3v) is 13.1. The van der Waals surface area contributed by atoms with Gasteiger partial charge in [0.25, 0.3) is 5.91 Å². The Bertz CT molecular complexity index is 2040. The molecule has 4 aliphatic rings. The van der Waals surface area contributed by atoms with Crippen LogP contribution in [0.4, 0.5) is 4.79 Å². The van der Waals surface area contributed by atoms with E-state index in [0.717, 1.165) is 24.1 Å². The van der Waals surface area contributed by atoms with Gasteiger partial charge in [0.2, 0.25) is 27.7 Å². The van der Waals surface area contributed by atoms with Crippen LogP contribution >= 0.6 is 11.3 Å². The highest BCUT2D eigenvalue weighted by Gasteiger charge is 2.62. The lowest BCUT2D eigenvalue weighted by Gasteiger charge is -2.36. The number of likely N-dealkylation sites (tertiary alicyclic amines) is 1. The van der Waals surface area contributed by atoms with Gasteiger partial charge < -0.3 is 25.0 Å². The van der Waals surface area contributed by atoms with Gasteiger partial charge in [-0.25, -0.2) is 23.2 Å². The van der Waals surface area contributed by atoms with Crippen molar-refractivity contribution in [2.45, 2.75) is 101 Å². The molecule has 1 unspecified atom stereocenters. The number of hydrogen-bond donors (Lipinski definition) is 3. The second-order valence-electron chi connectivity index (χ2n) is 15.4. The molecule has 16 heteroatoms. The van der Waals surface area contributed by atoms with Gasteiger partial charge in [0.15, 0.2) is 0 Å². The van der Waals surface area contributed by atoms with Crippen LogP contribution in [0.25, 0.3) is 21.6 Å². The Morgan fingerprint density at radius 2 is 1.75 bits per heavy atom. The molecule has 3 aliphatic carbocycles. The van der Waals surface area contributed by atoms with E-state index >= 15 is 0 Å². The highest BCUT2D eigenvalue weighted by atomic mass is 32.2. The molecule has 3 heterocycles. The summed E-state index contributed by atoms with van der Waals surface area (Å²) in [6.45, 7) is 9.13. The normalized spacial score (nSPS) is 24.8. The number of thiophene rings is 1. The zero-order valence-electron chi connectivity index (χ0n) is 29.9. The summed E-state index contributed by atoms with van der Waals surface area (Å²) in [4.78, 5) is 67.2. The molecular formula is C37H44N6O8S2. The molecule has 14 nitrogen and oxygen atoms in total. The van der Waals surface area contributed by atoms with Crippen LogP contribution in [0.3, 0.4) is 0 Å². The van der Waals surface area contributed by atoms with Gasteiger partial charge in [0.1, 0.15) is 35.5 Å². The van der Waals surface area contributed by atoms with Crippen molar-refractivity contribution in [3.05, 3.63) is 54.4 Å². The van der Waals surface area contributed by atoms with Gasteiger partial charge in [-0.15, -0.1) is 17.9 Å². The van der Waals surface area contributed by atoms with Crippen molar-refractivity contribution in [2.24, 2.45) is 11.3 Å². The zero-order chi connectivity index (χ0) is 37.7. The van der Waals surface area contributed by atoms with E-state index in [1.54, 1.807) is 20.8 Å². The van der Waals surface area contributed by atoms with E-state index in [9.17, 15) is 27.6 Å². The fourth-order valence-corrected chi connectivity index (χ4v) is 8.87. The average molecular weight is 765 g/mol. The van der Waals surface area contributed by atoms with Gasteiger partial charge in [-0.2, -0.15) is 0 Å². The zero-order valence-corrected chi connectivity index (χ0v) is 31.5. The van der Waals surface area contributed by atoms with Crippen LogP contribution < -0.4 is 20.1 Å². The molecule has 3 saturated carbocycles. The Balaban J connectivity index is 1.19. The molecule has 2 aromatic heterocycles. The molecular weight excluding hydrogens is 721 g/mol. The number of carbonyl (C=O) groups is 4. The van der Waals surface area contributed by atoms with E-state index in [-0.39, 0.29) is 31.4 Å². The fraction of sp³-hybridized carbons (Fsp3) is 0.514. The topological polar surface area (TPSA) is 186 Å². The summed E-state index contributed by atoms with van der Waals surface area (Å²) in [5.74, 6) is -2.34. The number of para-hydroxylation sites is 2. The van der Waals surface area contributed by atoms with Crippen LogP contribution in [0.5, 0.6) is 5.88 Å². The third-order valence-electron chi connectivity index (χ3n) is 10.4. The molecule has 0 spiro atoms. The van der Waals surface area contributed by atoms with E-state index in [4.69, 9.17) is 19.4 Å². The van der Waals surface area contributed by atoms with E-state index in [1.165, 1.54) is 22.3 Å². The monoisotopic (exact) mass is 764 g/mol. The van der Waals surface area contributed by atoms with Crippen molar-refractivity contribution < 1.29 is 37.1 Å². The third kappa shape index (κ3) is 7.61. The summed E-state index contributed by atoms with van der Waals surface area (Å²) < 4.78 is 39.7. The minimum Gasteiger partial charge on any atom is -0.471 e. The number of ether oxygens (including phenoxy) is 2. The predicted molar refractivity (Wildman–Crippen MR) is 197 cm³/mol. The number of nitrogens with one attached hydrogen (secondary N) is 3. The molecule has 5 atom stereocenters. The highest BCUT2D eigenvalue weighted by Crippen LogP contribution is 2.46. The number of rotatable bonds is 12. The molecule has 1 aromatic carbocycles. The number of nitrogens with zero attached hydrogens (tertiary/aromatic N) is 3. The lowest BCUT2D eigenvalue weighted by molar-refractivity contribution is -0.143. The van der Waals surface area contributed by atoms with Crippen molar-refractivity contribution >= 4 is 56.2 Å². The first kappa shape index (κ1) is 36.8. The SMILES string of the molecule is C=CC1C[C@]1(NC(=O)[C@@H]1C[C@@H](Oc2nc3ccccc3nc2-c2cccs2)CN1C(=O)[C@@H](NC(=O)OC1CCC1)C(C)(C)C)C(=O)NS(=O)(=O)C1CC1. The maximum Gasteiger partial charge on any atom is 0.408 e. The first-order chi connectivity index (χ1) is 25.2. The van der Waals surface area contributed by atoms with Crippen LogP contribution in [0, 0.1) is 11.3 Å². The van der Waals surface area contributed by atoms with Gasteiger partial charge in [-0.1, -0.05) is 45.0 Å². The van der Waals surface area contributed by atoms with Gasteiger partial charge in [0, 0.05) is 12.3 Å².